The molecule has 1 aliphatic heterocycles. The van der Waals surface area contributed by atoms with Crippen molar-refractivity contribution in [2.75, 3.05) is 18.5 Å². The van der Waals surface area contributed by atoms with Crippen molar-refractivity contribution in [2.45, 2.75) is 12.5 Å². The maximum atomic E-state index is 12.7. The van der Waals surface area contributed by atoms with Gasteiger partial charge in [0.15, 0.2) is 0 Å². The number of fused-ring (bicyclic) bond motifs is 2. The van der Waals surface area contributed by atoms with E-state index in [4.69, 9.17) is 4.42 Å². The zero-order chi connectivity index (χ0) is 17.4. The Hall–Kier alpha value is -3.08. The molecule has 2 aromatic carbocycles. The van der Waals surface area contributed by atoms with Gasteiger partial charge in [-0.15, -0.1) is 0 Å². The molecule has 5 nitrogen and oxygen atoms in total. The molecule has 0 spiro atoms. The molecule has 0 saturated carbocycles. The number of anilines is 1. The minimum atomic E-state index is -0.614. The molecule has 1 aliphatic rings. The first-order chi connectivity index (χ1) is 12.1. The van der Waals surface area contributed by atoms with E-state index in [9.17, 15) is 9.59 Å². The molecule has 1 unspecified atom stereocenters. The van der Waals surface area contributed by atoms with Crippen molar-refractivity contribution in [3.63, 3.8) is 0 Å². The normalized spacial score (nSPS) is 16.5. The monoisotopic (exact) mass is 334 g/mol. The zero-order valence-electron chi connectivity index (χ0n) is 13.9. The number of nitrogens with zero attached hydrogens (tertiary/aromatic N) is 1. The highest BCUT2D eigenvalue weighted by atomic mass is 16.4. The number of rotatable bonds is 2. The van der Waals surface area contributed by atoms with Gasteiger partial charge in [-0.25, -0.2) is 4.79 Å². The standard InChI is InChI=1S/C20H18N2O3/c1-22-11-10-16(14-7-3-4-8-17(14)22)21-19(23)15-12-13-6-2-5-9-18(13)25-20(15)24/h2-9,12,16H,10-11H2,1H3,(H,21,23). The number of carbonyl (C=O) groups is 1. The van der Waals surface area contributed by atoms with E-state index >= 15 is 0 Å². The number of carbonyl (C=O) groups excluding carboxylic acids is 1. The summed E-state index contributed by atoms with van der Waals surface area (Å²) in [5.74, 6) is -0.399. The molecular formula is C20H18N2O3. The molecule has 3 aromatic rings. The van der Waals surface area contributed by atoms with Gasteiger partial charge in [0.2, 0.25) is 0 Å². The maximum Gasteiger partial charge on any atom is 0.349 e. The fraction of sp³-hybridized carbons (Fsp3) is 0.200. The van der Waals surface area contributed by atoms with E-state index in [1.807, 2.05) is 43.4 Å². The van der Waals surface area contributed by atoms with Crippen LogP contribution in [0.2, 0.25) is 0 Å². The third-order valence-corrected chi connectivity index (χ3v) is 4.67. The lowest BCUT2D eigenvalue weighted by Gasteiger charge is -2.33. The number of nitrogens with one attached hydrogen (secondary N) is 1. The first kappa shape index (κ1) is 15.4. The summed E-state index contributed by atoms with van der Waals surface area (Å²) < 4.78 is 5.26. The average Bonchev–Trinajstić information content (AvgIpc) is 2.63. The Morgan fingerprint density at radius 2 is 1.92 bits per heavy atom. The highest BCUT2D eigenvalue weighted by molar-refractivity contribution is 5.97. The summed E-state index contributed by atoms with van der Waals surface area (Å²) in [6.45, 7) is 0.842. The molecule has 5 heteroatoms. The van der Waals surface area contributed by atoms with Gasteiger partial charge in [0.05, 0.1) is 6.04 Å². The molecule has 1 atom stereocenters. The predicted octanol–water partition coefficient (Wildman–Crippen LogP) is 3.10. The van der Waals surface area contributed by atoms with Gasteiger partial charge in [-0.05, 0) is 30.2 Å². The van der Waals surface area contributed by atoms with Crippen molar-refractivity contribution < 1.29 is 9.21 Å². The van der Waals surface area contributed by atoms with Crippen LogP contribution in [0.25, 0.3) is 11.0 Å². The minimum Gasteiger partial charge on any atom is -0.422 e. The van der Waals surface area contributed by atoms with Crippen LogP contribution < -0.4 is 15.8 Å². The van der Waals surface area contributed by atoms with Crippen molar-refractivity contribution in [3.8, 4) is 0 Å². The fourth-order valence-electron chi connectivity index (χ4n) is 3.33. The van der Waals surface area contributed by atoms with Crippen LogP contribution in [0.5, 0.6) is 0 Å². The summed E-state index contributed by atoms with van der Waals surface area (Å²) in [6.07, 6.45) is 0.790. The van der Waals surface area contributed by atoms with Gasteiger partial charge in [-0.2, -0.15) is 0 Å². The number of amides is 1. The Morgan fingerprint density at radius 3 is 2.80 bits per heavy atom. The van der Waals surface area contributed by atoms with Crippen LogP contribution in [-0.2, 0) is 0 Å². The Kier molecular flexibility index (Phi) is 3.76. The summed E-state index contributed by atoms with van der Waals surface area (Å²) in [4.78, 5) is 27.0. The van der Waals surface area contributed by atoms with E-state index in [-0.39, 0.29) is 11.6 Å². The second-order valence-electron chi connectivity index (χ2n) is 6.28. The largest absolute Gasteiger partial charge is 0.422 e. The quantitative estimate of drug-likeness (QED) is 0.732. The fourth-order valence-corrected chi connectivity index (χ4v) is 3.33. The van der Waals surface area contributed by atoms with Crippen molar-refractivity contribution in [3.05, 3.63) is 76.1 Å². The number of para-hydroxylation sites is 2. The molecule has 4 rings (SSSR count). The molecule has 0 radical (unpaired) electrons. The number of hydrogen-bond donors (Lipinski definition) is 1. The lowest BCUT2D eigenvalue weighted by molar-refractivity contribution is 0.0930. The van der Waals surface area contributed by atoms with Gasteiger partial charge in [0.25, 0.3) is 5.91 Å². The van der Waals surface area contributed by atoms with Crippen LogP contribution >= 0.6 is 0 Å². The highest BCUT2D eigenvalue weighted by Crippen LogP contribution is 2.32. The Balaban J connectivity index is 1.66. The first-order valence-electron chi connectivity index (χ1n) is 8.27. The van der Waals surface area contributed by atoms with E-state index in [1.54, 1.807) is 18.2 Å². The molecule has 1 N–H and O–H groups in total. The van der Waals surface area contributed by atoms with Gasteiger partial charge in [0, 0.05) is 24.7 Å². The topological polar surface area (TPSA) is 62.6 Å². The Bertz CT molecular complexity index is 1010. The van der Waals surface area contributed by atoms with Crippen molar-refractivity contribution in [1.29, 1.82) is 0 Å². The van der Waals surface area contributed by atoms with Crippen LogP contribution in [0.3, 0.4) is 0 Å². The van der Waals surface area contributed by atoms with E-state index in [2.05, 4.69) is 10.2 Å². The molecule has 2 heterocycles. The van der Waals surface area contributed by atoms with Crippen LogP contribution in [-0.4, -0.2) is 19.5 Å². The van der Waals surface area contributed by atoms with Crippen LogP contribution in [0.1, 0.15) is 28.4 Å². The molecule has 0 fully saturated rings. The van der Waals surface area contributed by atoms with E-state index in [1.165, 1.54) is 0 Å². The van der Waals surface area contributed by atoms with Crippen molar-refractivity contribution in [1.82, 2.24) is 5.32 Å². The van der Waals surface area contributed by atoms with Gasteiger partial charge in [-0.3, -0.25) is 4.79 Å². The van der Waals surface area contributed by atoms with Crippen LogP contribution in [0, 0.1) is 0 Å². The van der Waals surface area contributed by atoms with Crippen LogP contribution in [0.15, 0.2) is 63.8 Å². The molecular weight excluding hydrogens is 316 g/mol. The number of benzene rings is 2. The van der Waals surface area contributed by atoms with E-state index in [0.29, 0.717) is 5.58 Å². The lowest BCUT2D eigenvalue weighted by atomic mass is 9.96. The smallest absolute Gasteiger partial charge is 0.349 e. The Labute approximate surface area is 144 Å². The zero-order valence-corrected chi connectivity index (χ0v) is 13.9. The second kappa shape index (κ2) is 6.09. The highest BCUT2D eigenvalue weighted by Gasteiger charge is 2.25. The predicted molar refractivity (Wildman–Crippen MR) is 97.0 cm³/mol. The minimum absolute atomic E-state index is 0.0371. The Morgan fingerprint density at radius 1 is 1.16 bits per heavy atom. The van der Waals surface area contributed by atoms with Crippen molar-refractivity contribution in [2.24, 2.45) is 0 Å². The molecule has 25 heavy (non-hydrogen) atoms. The van der Waals surface area contributed by atoms with Gasteiger partial charge >= 0.3 is 5.63 Å². The molecule has 1 aromatic heterocycles. The summed E-state index contributed by atoms with van der Waals surface area (Å²) in [5.41, 5.74) is 2.07. The maximum absolute atomic E-state index is 12.7. The lowest BCUT2D eigenvalue weighted by Crippen LogP contribution is -2.37. The molecule has 0 bridgehead atoms. The summed E-state index contributed by atoms with van der Waals surface area (Å²) >= 11 is 0. The SMILES string of the molecule is CN1CCC(NC(=O)c2cc3ccccc3oc2=O)c2ccccc21. The summed E-state index contributed by atoms with van der Waals surface area (Å²) in [6, 6.07) is 16.6. The molecule has 126 valence electrons. The molecule has 0 saturated heterocycles. The third-order valence-electron chi connectivity index (χ3n) is 4.67. The average molecular weight is 334 g/mol. The van der Waals surface area contributed by atoms with Crippen molar-refractivity contribution >= 4 is 22.6 Å². The molecule has 0 aliphatic carbocycles. The van der Waals surface area contributed by atoms with Crippen LogP contribution in [0.4, 0.5) is 5.69 Å². The number of hydrogen-bond acceptors (Lipinski definition) is 4. The second-order valence-corrected chi connectivity index (χ2v) is 6.28. The first-order valence-corrected chi connectivity index (χ1v) is 8.27. The van der Waals surface area contributed by atoms with Gasteiger partial charge in [0.1, 0.15) is 11.1 Å². The summed E-state index contributed by atoms with van der Waals surface area (Å²) in [5, 5.41) is 3.72. The van der Waals surface area contributed by atoms with Gasteiger partial charge in [-0.1, -0.05) is 36.4 Å². The molecule has 1 amide bonds. The third kappa shape index (κ3) is 2.78. The summed E-state index contributed by atoms with van der Waals surface area (Å²) in [7, 11) is 2.04. The van der Waals surface area contributed by atoms with E-state index < -0.39 is 11.5 Å². The van der Waals surface area contributed by atoms with Gasteiger partial charge < -0.3 is 14.6 Å². The van der Waals surface area contributed by atoms with E-state index in [0.717, 1.165) is 29.6 Å².